The molecule has 0 spiro atoms. The zero-order valence-electron chi connectivity index (χ0n) is 14.7. The Balaban J connectivity index is 1.43. The maximum atomic E-state index is 12.8. The summed E-state index contributed by atoms with van der Waals surface area (Å²) in [5.41, 5.74) is 2.29. The molecular formula is C20H26N2O3. The van der Waals surface area contributed by atoms with Gasteiger partial charge in [-0.2, -0.15) is 0 Å². The summed E-state index contributed by atoms with van der Waals surface area (Å²) >= 11 is 0. The molecule has 2 saturated heterocycles. The van der Waals surface area contributed by atoms with E-state index in [0.29, 0.717) is 18.8 Å². The lowest BCUT2D eigenvalue weighted by molar-refractivity contribution is -0.127. The second-order valence-corrected chi connectivity index (χ2v) is 7.37. The predicted molar refractivity (Wildman–Crippen MR) is 95.6 cm³/mol. The quantitative estimate of drug-likeness (QED) is 0.827. The van der Waals surface area contributed by atoms with Gasteiger partial charge >= 0.3 is 0 Å². The third kappa shape index (κ3) is 3.43. The molecule has 134 valence electrons. The van der Waals surface area contributed by atoms with Crippen LogP contribution >= 0.6 is 0 Å². The van der Waals surface area contributed by atoms with Crippen molar-refractivity contribution in [3.05, 3.63) is 29.8 Å². The largest absolute Gasteiger partial charge is 0.378 e. The Labute approximate surface area is 148 Å². The second kappa shape index (κ2) is 7.16. The monoisotopic (exact) mass is 342 g/mol. The first-order valence-corrected chi connectivity index (χ1v) is 9.51. The van der Waals surface area contributed by atoms with Gasteiger partial charge in [-0.05, 0) is 37.3 Å². The van der Waals surface area contributed by atoms with Crippen LogP contribution in [0.15, 0.2) is 24.3 Å². The Morgan fingerprint density at radius 1 is 1.24 bits per heavy atom. The summed E-state index contributed by atoms with van der Waals surface area (Å²) in [5.74, 6) is 0.759. The average molecular weight is 342 g/mol. The molecule has 5 nitrogen and oxygen atoms in total. The van der Waals surface area contributed by atoms with Crippen molar-refractivity contribution in [1.29, 1.82) is 0 Å². The van der Waals surface area contributed by atoms with Crippen LogP contribution in [0.5, 0.6) is 0 Å². The molecule has 3 aliphatic heterocycles. The molecule has 3 aliphatic rings. The topological polar surface area (TPSA) is 49.9 Å². The molecule has 0 aromatic heterocycles. The van der Waals surface area contributed by atoms with Crippen molar-refractivity contribution in [3.8, 4) is 0 Å². The molecule has 1 aromatic carbocycles. The zero-order valence-corrected chi connectivity index (χ0v) is 14.7. The highest BCUT2D eigenvalue weighted by atomic mass is 16.5. The number of fused-ring (bicyclic) bond motifs is 1. The van der Waals surface area contributed by atoms with Crippen LogP contribution in [0, 0.1) is 0 Å². The normalized spacial score (nSPS) is 25.7. The molecule has 2 amide bonds. The van der Waals surface area contributed by atoms with E-state index in [2.05, 4.69) is 6.07 Å². The van der Waals surface area contributed by atoms with Crippen LogP contribution in [-0.2, 0) is 14.3 Å². The summed E-state index contributed by atoms with van der Waals surface area (Å²) in [6.45, 7) is 3.19. The summed E-state index contributed by atoms with van der Waals surface area (Å²) in [7, 11) is 0. The van der Waals surface area contributed by atoms with Gasteiger partial charge < -0.3 is 14.5 Å². The highest BCUT2D eigenvalue weighted by Crippen LogP contribution is 2.39. The van der Waals surface area contributed by atoms with Gasteiger partial charge in [-0.1, -0.05) is 18.2 Å². The number of carbonyl (C=O) groups is 2. The SMILES string of the molecule is O=C1CCCN1CCC1CN(C(=O)CC2CCCO2)c2ccccc21. The number of rotatable bonds is 5. The van der Waals surface area contributed by atoms with Gasteiger partial charge in [0.15, 0.2) is 0 Å². The average Bonchev–Trinajstić information content (AvgIpc) is 3.34. The standard InChI is InChI=1S/C20H26N2O3/c23-19-8-3-10-21(19)11-9-15-14-22(18-7-2-1-6-17(15)18)20(24)13-16-5-4-12-25-16/h1-2,6-7,15-16H,3-5,8-14H2. The van der Waals surface area contributed by atoms with Crippen LogP contribution in [0.3, 0.4) is 0 Å². The third-order valence-corrected chi connectivity index (χ3v) is 5.72. The highest BCUT2D eigenvalue weighted by molar-refractivity contribution is 5.96. The van der Waals surface area contributed by atoms with Gasteiger partial charge in [0.25, 0.3) is 0 Å². The molecule has 2 unspecified atom stereocenters. The Bertz CT molecular complexity index is 654. The molecule has 3 heterocycles. The van der Waals surface area contributed by atoms with Crippen LogP contribution in [0.2, 0.25) is 0 Å². The molecule has 4 rings (SSSR count). The van der Waals surface area contributed by atoms with E-state index >= 15 is 0 Å². The summed E-state index contributed by atoms with van der Waals surface area (Å²) in [6, 6.07) is 8.22. The minimum Gasteiger partial charge on any atom is -0.378 e. The number of amides is 2. The number of hydrogen-bond donors (Lipinski definition) is 0. The molecular weight excluding hydrogens is 316 g/mol. The minimum absolute atomic E-state index is 0.0842. The highest BCUT2D eigenvalue weighted by Gasteiger charge is 2.34. The van der Waals surface area contributed by atoms with Crippen molar-refractivity contribution < 1.29 is 14.3 Å². The van der Waals surface area contributed by atoms with Crippen LogP contribution in [0.1, 0.15) is 50.0 Å². The third-order valence-electron chi connectivity index (χ3n) is 5.72. The van der Waals surface area contributed by atoms with Crippen molar-refractivity contribution in [3.63, 3.8) is 0 Å². The van der Waals surface area contributed by atoms with E-state index in [9.17, 15) is 9.59 Å². The Hall–Kier alpha value is -1.88. The van der Waals surface area contributed by atoms with Crippen LogP contribution in [0.4, 0.5) is 5.69 Å². The van der Waals surface area contributed by atoms with Gasteiger partial charge in [0.05, 0.1) is 12.5 Å². The number of nitrogens with zero attached hydrogens (tertiary/aromatic N) is 2. The Morgan fingerprint density at radius 3 is 2.88 bits per heavy atom. The molecule has 0 radical (unpaired) electrons. The van der Waals surface area contributed by atoms with Gasteiger partial charge in [-0.3, -0.25) is 9.59 Å². The van der Waals surface area contributed by atoms with Crippen molar-refractivity contribution in [2.75, 3.05) is 31.1 Å². The first-order valence-electron chi connectivity index (χ1n) is 9.51. The fourth-order valence-electron chi connectivity index (χ4n) is 4.34. The molecule has 25 heavy (non-hydrogen) atoms. The van der Waals surface area contributed by atoms with Crippen molar-refractivity contribution in [2.24, 2.45) is 0 Å². The van der Waals surface area contributed by atoms with E-state index in [-0.39, 0.29) is 17.9 Å². The van der Waals surface area contributed by atoms with E-state index in [1.54, 1.807) is 0 Å². The lowest BCUT2D eigenvalue weighted by Crippen LogP contribution is -2.33. The lowest BCUT2D eigenvalue weighted by Gasteiger charge is -2.21. The predicted octanol–water partition coefficient (Wildman–Crippen LogP) is 2.70. The number of ether oxygens (including phenoxy) is 1. The molecule has 0 saturated carbocycles. The smallest absolute Gasteiger partial charge is 0.229 e. The fraction of sp³-hybridized carbons (Fsp3) is 0.600. The molecule has 0 N–H and O–H groups in total. The van der Waals surface area contributed by atoms with Gasteiger partial charge in [0, 0.05) is 44.3 Å². The number of hydrogen-bond acceptors (Lipinski definition) is 3. The number of para-hydroxylation sites is 1. The summed E-state index contributed by atoms with van der Waals surface area (Å²) in [6.07, 6.45) is 5.20. The van der Waals surface area contributed by atoms with Crippen molar-refractivity contribution in [2.45, 2.75) is 50.5 Å². The van der Waals surface area contributed by atoms with Gasteiger partial charge in [-0.25, -0.2) is 0 Å². The number of anilines is 1. The number of likely N-dealkylation sites (tertiary alicyclic amines) is 1. The van der Waals surface area contributed by atoms with E-state index in [1.807, 2.05) is 28.0 Å². The van der Waals surface area contributed by atoms with E-state index in [4.69, 9.17) is 4.74 Å². The van der Waals surface area contributed by atoms with E-state index < -0.39 is 0 Å². The molecule has 0 bridgehead atoms. The summed E-state index contributed by atoms with van der Waals surface area (Å²) in [4.78, 5) is 28.6. The van der Waals surface area contributed by atoms with Crippen LogP contribution < -0.4 is 4.90 Å². The number of carbonyl (C=O) groups excluding carboxylic acids is 2. The van der Waals surface area contributed by atoms with Gasteiger partial charge in [0.1, 0.15) is 0 Å². The summed E-state index contributed by atoms with van der Waals surface area (Å²) in [5, 5.41) is 0. The number of benzene rings is 1. The van der Waals surface area contributed by atoms with Crippen LogP contribution in [-0.4, -0.2) is 49.1 Å². The molecule has 2 fully saturated rings. The molecule has 0 aliphatic carbocycles. The minimum atomic E-state index is 0.0842. The maximum absolute atomic E-state index is 12.8. The maximum Gasteiger partial charge on any atom is 0.229 e. The van der Waals surface area contributed by atoms with Crippen molar-refractivity contribution in [1.82, 2.24) is 4.90 Å². The molecule has 2 atom stereocenters. The first kappa shape index (κ1) is 16.6. The Kier molecular flexibility index (Phi) is 4.75. The first-order chi connectivity index (χ1) is 12.2. The lowest BCUT2D eigenvalue weighted by atomic mass is 9.98. The summed E-state index contributed by atoms with van der Waals surface area (Å²) < 4.78 is 5.63. The van der Waals surface area contributed by atoms with Gasteiger partial charge in [0.2, 0.25) is 11.8 Å². The molecule has 1 aromatic rings. The Morgan fingerprint density at radius 2 is 2.12 bits per heavy atom. The van der Waals surface area contributed by atoms with Crippen molar-refractivity contribution >= 4 is 17.5 Å². The van der Waals surface area contributed by atoms with E-state index in [1.165, 1.54) is 5.56 Å². The zero-order chi connectivity index (χ0) is 17.2. The molecule has 5 heteroatoms. The second-order valence-electron chi connectivity index (χ2n) is 7.37. The van der Waals surface area contributed by atoms with Crippen LogP contribution in [0.25, 0.3) is 0 Å². The van der Waals surface area contributed by atoms with E-state index in [0.717, 1.165) is 57.6 Å². The fourth-order valence-corrected chi connectivity index (χ4v) is 4.34. The van der Waals surface area contributed by atoms with Gasteiger partial charge in [-0.15, -0.1) is 0 Å².